The van der Waals surface area contributed by atoms with E-state index in [0.717, 1.165) is 37.4 Å². The average Bonchev–Trinajstić information content (AvgIpc) is 2.48. The molecule has 2 atom stereocenters. The molecule has 20 heavy (non-hydrogen) atoms. The summed E-state index contributed by atoms with van der Waals surface area (Å²) in [6, 6.07) is 1.97. The van der Waals surface area contributed by atoms with Crippen LogP contribution in [-0.4, -0.2) is 17.6 Å². The summed E-state index contributed by atoms with van der Waals surface area (Å²) in [5, 5.41) is 3.99. The minimum atomic E-state index is 0.314. The normalized spacial score (nSPS) is 22.8. The number of nitrogens with zero attached hydrogens (tertiary/aromatic N) is 1. The van der Waals surface area contributed by atoms with Gasteiger partial charge in [-0.3, -0.25) is 0 Å². The molecule has 1 aliphatic carbocycles. The van der Waals surface area contributed by atoms with Crippen molar-refractivity contribution in [1.82, 2.24) is 10.3 Å². The standard InChI is InChI=1S/C16H25ClN2O/c1-3-12-6-5-7-14(8-12)20-16-9-13(10-18-4-2)15(17)11-19-16/h9,11-12,14,18H,3-8,10H2,1-2H3. The number of nitrogens with one attached hydrogen (secondary N) is 1. The minimum absolute atomic E-state index is 0.314. The highest BCUT2D eigenvalue weighted by Crippen LogP contribution is 2.29. The van der Waals surface area contributed by atoms with E-state index in [4.69, 9.17) is 16.3 Å². The Hall–Kier alpha value is -0.800. The molecule has 0 aliphatic heterocycles. The Kier molecular flexibility index (Phi) is 6.11. The van der Waals surface area contributed by atoms with Gasteiger partial charge in [-0.15, -0.1) is 0 Å². The molecule has 1 aliphatic rings. The second-order valence-corrected chi connectivity index (χ2v) is 5.98. The van der Waals surface area contributed by atoms with Gasteiger partial charge in [0.05, 0.1) is 5.02 Å². The monoisotopic (exact) mass is 296 g/mol. The Morgan fingerprint density at radius 3 is 3.00 bits per heavy atom. The van der Waals surface area contributed by atoms with Crippen LogP contribution < -0.4 is 10.1 Å². The zero-order chi connectivity index (χ0) is 14.4. The van der Waals surface area contributed by atoms with Crippen molar-refractivity contribution in [3.05, 3.63) is 22.8 Å². The van der Waals surface area contributed by atoms with Crippen molar-refractivity contribution in [1.29, 1.82) is 0 Å². The van der Waals surface area contributed by atoms with Crippen molar-refractivity contribution >= 4 is 11.6 Å². The quantitative estimate of drug-likeness (QED) is 0.854. The molecule has 1 aromatic rings. The molecule has 1 aromatic heterocycles. The number of hydrogen-bond donors (Lipinski definition) is 1. The van der Waals surface area contributed by atoms with E-state index in [-0.39, 0.29) is 0 Å². The van der Waals surface area contributed by atoms with Crippen LogP contribution in [0.5, 0.6) is 5.88 Å². The SMILES string of the molecule is CCNCc1cc(OC2CCCC(CC)C2)ncc1Cl. The van der Waals surface area contributed by atoms with Crippen LogP contribution in [0.1, 0.15) is 51.5 Å². The highest BCUT2D eigenvalue weighted by atomic mass is 35.5. The molecule has 1 heterocycles. The molecular formula is C16H25ClN2O. The van der Waals surface area contributed by atoms with Gasteiger partial charge >= 0.3 is 0 Å². The second kappa shape index (κ2) is 7.84. The van der Waals surface area contributed by atoms with Gasteiger partial charge in [0.15, 0.2) is 0 Å². The third-order valence-electron chi connectivity index (χ3n) is 4.07. The molecule has 1 fully saturated rings. The Balaban J connectivity index is 1.98. The van der Waals surface area contributed by atoms with Crippen LogP contribution in [0.4, 0.5) is 0 Å². The van der Waals surface area contributed by atoms with Gasteiger partial charge in [-0.25, -0.2) is 4.98 Å². The number of aromatic nitrogens is 1. The van der Waals surface area contributed by atoms with Crippen molar-refractivity contribution in [3.63, 3.8) is 0 Å². The van der Waals surface area contributed by atoms with Crippen molar-refractivity contribution in [2.24, 2.45) is 5.92 Å². The topological polar surface area (TPSA) is 34.1 Å². The number of ether oxygens (including phenoxy) is 1. The predicted octanol–water partition coefficient (Wildman–Crippen LogP) is 4.19. The summed E-state index contributed by atoms with van der Waals surface area (Å²) in [5.74, 6) is 1.52. The largest absolute Gasteiger partial charge is 0.474 e. The first kappa shape index (κ1) is 15.6. The van der Waals surface area contributed by atoms with Crippen LogP contribution >= 0.6 is 11.6 Å². The number of hydrogen-bond acceptors (Lipinski definition) is 3. The molecule has 4 heteroatoms. The maximum atomic E-state index is 6.16. The Morgan fingerprint density at radius 1 is 1.40 bits per heavy atom. The molecule has 2 rings (SSSR count). The lowest BCUT2D eigenvalue weighted by Crippen LogP contribution is -2.25. The summed E-state index contributed by atoms with van der Waals surface area (Å²) in [6.07, 6.45) is 8.17. The molecule has 2 unspecified atom stereocenters. The molecule has 0 amide bonds. The first-order chi connectivity index (χ1) is 9.72. The van der Waals surface area contributed by atoms with Gasteiger partial charge in [0.1, 0.15) is 6.10 Å². The van der Waals surface area contributed by atoms with E-state index in [1.54, 1.807) is 6.20 Å². The first-order valence-electron chi connectivity index (χ1n) is 7.74. The van der Waals surface area contributed by atoms with Gasteiger partial charge in [0.2, 0.25) is 5.88 Å². The number of rotatable bonds is 6. The fourth-order valence-electron chi connectivity index (χ4n) is 2.81. The summed E-state index contributed by atoms with van der Waals surface area (Å²) in [5.41, 5.74) is 1.06. The number of halogens is 1. The van der Waals surface area contributed by atoms with E-state index in [1.165, 1.54) is 19.3 Å². The predicted molar refractivity (Wildman–Crippen MR) is 83.3 cm³/mol. The van der Waals surface area contributed by atoms with Crippen LogP contribution in [0, 0.1) is 5.92 Å². The summed E-state index contributed by atoms with van der Waals surface area (Å²) < 4.78 is 6.07. The van der Waals surface area contributed by atoms with E-state index >= 15 is 0 Å². The van der Waals surface area contributed by atoms with E-state index < -0.39 is 0 Å². The maximum absolute atomic E-state index is 6.16. The fourth-order valence-corrected chi connectivity index (χ4v) is 2.98. The van der Waals surface area contributed by atoms with Crippen LogP contribution in [0.25, 0.3) is 0 Å². The van der Waals surface area contributed by atoms with Gasteiger partial charge in [-0.05, 0) is 37.3 Å². The van der Waals surface area contributed by atoms with Crippen molar-refractivity contribution in [2.75, 3.05) is 6.54 Å². The molecule has 0 saturated heterocycles. The molecule has 1 N–H and O–H groups in total. The molecule has 0 bridgehead atoms. The second-order valence-electron chi connectivity index (χ2n) is 5.58. The molecule has 1 saturated carbocycles. The van der Waals surface area contributed by atoms with Gasteiger partial charge in [0.25, 0.3) is 0 Å². The van der Waals surface area contributed by atoms with Gasteiger partial charge < -0.3 is 10.1 Å². The van der Waals surface area contributed by atoms with Gasteiger partial charge in [-0.2, -0.15) is 0 Å². The summed E-state index contributed by atoms with van der Waals surface area (Å²) >= 11 is 6.16. The molecule has 0 radical (unpaired) electrons. The van der Waals surface area contributed by atoms with Crippen LogP contribution in [-0.2, 0) is 6.54 Å². The molecular weight excluding hydrogens is 272 g/mol. The van der Waals surface area contributed by atoms with E-state index in [9.17, 15) is 0 Å². The van der Waals surface area contributed by atoms with Gasteiger partial charge in [0, 0.05) is 18.8 Å². The molecule has 112 valence electrons. The highest BCUT2D eigenvalue weighted by Gasteiger charge is 2.22. The molecule has 0 aromatic carbocycles. The summed E-state index contributed by atoms with van der Waals surface area (Å²) in [7, 11) is 0. The van der Waals surface area contributed by atoms with Crippen molar-refractivity contribution in [2.45, 2.75) is 58.6 Å². The Bertz CT molecular complexity index is 425. The first-order valence-corrected chi connectivity index (χ1v) is 8.12. The average molecular weight is 297 g/mol. The van der Waals surface area contributed by atoms with Crippen LogP contribution in [0.2, 0.25) is 5.02 Å². The lowest BCUT2D eigenvalue weighted by Gasteiger charge is -2.28. The maximum Gasteiger partial charge on any atom is 0.213 e. The summed E-state index contributed by atoms with van der Waals surface area (Å²) in [4.78, 5) is 4.31. The summed E-state index contributed by atoms with van der Waals surface area (Å²) in [6.45, 7) is 6.04. The van der Waals surface area contributed by atoms with Crippen molar-refractivity contribution < 1.29 is 4.74 Å². The van der Waals surface area contributed by atoms with Crippen molar-refractivity contribution in [3.8, 4) is 5.88 Å². The highest BCUT2D eigenvalue weighted by molar-refractivity contribution is 6.31. The van der Waals surface area contributed by atoms with Crippen LogP contribution in [0.15, 0.2) is 12.3 Å². The smallest absolute Gasteiger partial charge is 0.213 e. The molecule has 0 spiro atoms. The zero-order valence-electron chi connectivity index (χ0n) is 12.5. The lowest BCUT2D eigenvalue weighted by molar-refractivity contribution is 0.117. The lowest BCUT2D eigenvalue weighted by atomic mass is 9.85. The van der Waals surface area contributed by atoms with E-state index in [0.29, 0.717) is 17.0 Å². The van der Waals surface area contributed by atoms with Gasteiger partial charge in [-0.1, -0.05) is 38.3 Å². The van der Waals surface area contributed by atoms with E-state index in [2.05, 4.69) is 24.1 Å². The van der Waals surface area contributed by atoms with Crippen LogP contribution in [0.3, 0.4) is 0 Å². The van der Waals surface area contributed by atoms with E-state index in [1.807, 2.05) is 6.07 Å². The fraction of sp³-hybridized carbons (Fsp3) is 0.688. The third kappa shape index (κ3) is 4.35. The zero-order valence-corrected chi connectivity index (χ0v) is 13.2. The Morgan fingerprint density at radius 2 is 2.25 bits per heavy atom. The number of pyridine rings is 1. The minimum Gasteiger partial charge on any atom is -0.474 e. The third-order valence-corrected chi connectivity index (χ3v) is 4.41. The molecule has 3 nitrogen and oxygen atoms in total. The Labute approximate surface area is 127 Å².